The minimum Gasteiger partial charge on any atom is -0.347 e. The van der Waals surface area contributed by atoms with Crippen molar-refractivity contribution in [3.63, 3.8) is 0 Å². The molecule has 1 fully saturated rings. The molecule has 104 valence electrons. The molecule has 0 aliphatic carbocycles. The molecule has 2 rings (SSSR count). The Morgan fingerprint density at radius 1 is 1.47 bits per heavy atom. The summed E-state index contributed by atoms with van der Waals surface area (Å²) < 4.78 is 13.8. The number of carbonyl (C=O) groups excluding carboxylic acids is 1. The summed E-state index contributed by atoms with van der Waals surface area (Å²) in [5.41, 5.74) is -0.177. The van der Waals surface area contributed by atoms with E-state index in [1.807, 2.05) is 13.8 Å². The zero-order valence-electron chi connectivity index (χ0n) is 11.5. The van der Waals surface area contributed by atoms with Crippen molar-refractivity contribution < 1.29 is 9.18 Å². The van der Waals surface area contributed by atoms with Crippen LogP contribution in [0.4, 0.5) is 4.39 Å². The fourth-order valence-electron chi connectivity index (χ4n) is 2.59. The van der Waals surface area contributed by atoms with Crippen LogP contribution in [0.3, 0.4) is 0 Å². The van der Waals surface area contributed by atoms with Gasteiger partial charge in [-0.3, -0.25) is 4.79 Å². The molecule has 0 bridgehead atoms. The normalized spacial score (nSPS) is 19.4. The molecule has 19 heavy (non-hydrogen) atoms. The molecule has 1 aromatic rings. The molecule has 1 aliphatic rings. The molecule has 0 radical (unpaired) electrons. The molecular weight excluding hydrogens is 243 g/mol. The van der Waals surface area contributed by atoms with Gasteiger partial charge in [-0.05, 0) is 39.3 Å². The van der Waals surface area contributed by atoms with Crippen molar-refractivity contribution in [1.82, 2.24) is 10.6 Å². The second kappa shape index (κ2) is 5.70. The van der Waals surface area contributed by atoms with Crippen molar-refractivity contribution in [2.45, 2.75) is 44.7 Å². The van der Waals surface area contributed by atoms with Gasteiger partial charge < -0.3 is 10.6 Å². The largest absolute Gasteiger partial charge is 0.347 e. The van der Waals surface area contributed by atoms with E-state index in [0.717, 1.165) is 19.4 Å². The zero-order chi connectivity index (χ0) is 13.9. The monoisotopic (exact) mass is 264 g/mol. The Labute approximate surface area is 113 Å². The first-order valence-electron chi connectivity index (χ1n) is 6.78. The average molecular weight is 264 g/mol. The summed E-state index contributed by atoms with van der Waals surface area (Å²) in [5.74, 6) is -0.320. The maximum atomic E-state index is 13.8. The molecule has 1 saturated heterocycles. The molecule has 0 unspecified atom stereocenters. The van der Waals surface area contributed by atoms with Crippen LogP contribution >= 0.6 is 0 Å². The molecule has 1 aromatic carbocycles. The van der Waals surface area contributed by atoms with Gasteiger partial charge in [-0.1, -0.05) is 18.2 Å². The lowest BCUT2D eigenvalue weighted by atomic mass is 9.93. The number of amides is 1. The number of benzene rings is 1. The maximum Gasteiger partial charge on any atom is 0.222 e. The third kappa shape index (κ3) is 3.53. The van der Waals surface area contributed by atoms with Gasteiger partial charge in [0.15, 0.2) is 0 Å². The van der Waals surface area contributed by atoms with Crippen LogP contribution in [0.1, 0.15) is 38.7 Å². The summed E-state index contributed by atoms with van der Waals surface area (Å²) in [4.78, 5) is 12.0. The highest BCUT2D eigenvalue weighted by atomic mass is 19.1. The Bertz CT molecular complexity index is 453. The van der Waals surface area contributed by atoms with Crippen molar-refractivity contribution in [3.05, 3.63) is 35.6 Å². The SMILES string of the molecule is CC(C)(NC(=O)C[C@@H]1CCCN1)c1ccccc1F. The van der Waals surface area contributed by atoms with Crippen molar-refractivity contribution in [3.8, 4) is 0 Å². The van der Waals surface area contributed by atoms with Gasteiger partial charge in [-0.2, -0.15) is 0 Å². The minimum absolute atomic E-state index is 0.0346. The first kappa shape index (κ1) is 14.0. The van der Waals surface area contributed by atoms with Crippen molar-refractivity contribution >= 4 is 5.91 Å². The van der Waals surface area contributed by atoms with E-state index in [-0.39, 0.29) is 17.8 Å². The first-order valence-corrected chi connectivity index (χ1v) is 6.78. The van der Waals surface area contributed by atoms with Gasteiger partial charge in [0, 0.05) is 18.0 Å². The fraction of sp³-hybridized carbons (Fsp3) is 0.533. The van der Waals surface area contributed by atoms with Crippen LogP contribution in [-0.2, 0) is 10.3 Å². The number of hydrogen-bond acceptors (Lipinski definition) is 2. The van der Waals surface area contributed by atoms with E-state index in [9.17, 15) is 9.18 Å². The standard InChI is InChI=1S/C15H21FN2O/c1-15(2,12-7-3-4-8-13(12)16)18-14(19)10-11-6-5-9-17-11/h3-4,7-8,11,17H,5-6,9-10H2,1-2H3,(H,18,19)/t11-/m0/s1. The molecular formula is C15H21FN2O. The van der Waals surface area contributed by atoms with E-state index < -0.39 is 5.54 Å². The van der Waals surface area contributed by atoms with Crippen LogP contribution in [0, 0.1) is 5.82 Å². The fourth-order valence-corrected chi connectivity index (χ4v) is 2.59. The zero-order valence-corrected chi connectivity index (χ0v) is 11.5. The van der Waals surface area contributed by atoms with E-state index in [4.69, 9.17) is 0 Å². The summed E-state index contributed by atoms with van der Waals surface area (Å²) in [6.45, 7) is 4.63. The predicted octanol–water partition coefficient (Wildman–Crippen LogP) is 2.32. The first-order chi connectivity index (χ1) is 8.99. The number of carbonyl (C=O) groups is 1. The molecule has 4 heteroatoms. The predicted molar refractivity (Wildman–Crippen MR) is 73.2 cm³/mol. The Kier molecular flexibility index (Phi) is 4.20. The average Bonchev–Trinajstić information content (AvgIpc) is 2.81. The van der Waals surface area contributed by atoms with Gasteiger partial charge in [0.25, 0.3) is 0 Å². The third-order valence-electron chi connectivity index (χ3n) is 3.59. The van der Waals surface area contributed by atoms with Crippen LogP contribution in [-0.4, -0.2) is 18.5 Å². The lowest BCUT2D eigenvalue weighted by Crippen LogP contribution is -2.43. The van der Waals surface area contributed by atoms with Gasteiger partial charge in [-0.15, -0.1) is 0 Å². The van der Waals surface area contributed by atoms with E-state index in [0.29, 0.717) is 12.0 Å². The molecule has 1 atom stereocenters. The molecule has 0 spiro atoms. The smallest absolute Gasteiger partial charge is 0.222 e. The summed E-state index contributed by atoms with van der Waals surface area (Å²) in [7, 11) is 0. The maximum absolute atomic E-state index is 13.8. The van der Waals surface area contributed by atoms with Crippen LogP contribution in [0.2, 0.25) is 0 Å². The van der Waals surface area contributed by atoms with Crippen LogP contribution < -0.4 is 10.6 Å². The quantitative estimate of drug-likeness (QED) is 0.876. The number of hydrogen-bond donors (Lipinski definition) is 2. The highest BCUT2D eigenvalue weighted by Crippen LogP contribution is 2.23. The Balaban J connectivity index is 2.00. The topological polar surface area (TPSA) is 41.1 Å². The van der Waals surface area contributed by atoms with E-state index >= 15 is 0 Å². The summed E-state index contributed by atoms with van der Waals surface area (Å²) >= 11 is 0. The van der Waals surface area contributed by atoms with Crippen molar-refractivity contribution in [2.75, 3.05) is 6.54 Å². The van der Waals surface area contributed by atoms with E-state index in [1.165, 1.54) is 6.07 Å². The summed E-state index contributed by atoms with van der Waals surface area (Å²) in [6, 6.07) is 6.83. The number of nitrogens with one attached hydrogen (secondary N) is 2. The van der Waals surface area contributed by atoms with Gasteiger partial charge in [0.1, 0.15) is 5.82 Å². The third-order valence-corrected chi connectivity index (χ3v) is 3.59. The van der Waals surface area contributed by atoms with E-state index in [2.05, 4.69) is 10.6 Å². The summed E-state index contributed by atoms with van der Waals surface area (Å²) in [6.07, 6.45) is 2.61. The lowest BCUT2D eigenvalue weighted by molar-refractivity contribution is -0.123. The van der Waals surface area contributed by atoms with Gasteiger partial charge in [0.05, 0.1) is 5.54 Å². The Morgan fingerprint density at radius 3 is 2.84 bits per heavy atom. The highest BCUT2D eigenvalue weighted by molar-refractivity contribution is 5.77. The van der Waals surface area contributed by atoms with Gasteiger partial charge in [-0.25, -0.2) is 4.39 Å². The molecule has 0 saturated carbocycles. The molecule has 1 heterocycles. The second-order valence-corrected chi connectivity index (χ2v) is 5.65. The number of halogens is 1. The Hall–Kier alpha value is -1.42. The highest BCUT2D eigenvalue weighted by Gasteiger charge is 2.27. The Morgan fingerprint density at radius 2 is 2.21 bits per heavy atom. The number of rotatable bonds is 4. The minimum atomic E-state index is -0.693. The van der Waals surface area contributed by atoms with Crippen molar-refractivity contribution in [1.29, 1.82) is 0 Å². The van der Waals surface area contributed by atoms with Crippen LogP contribution in [0.5, 0.6) is 0 Å². The van der Waals surface area contributed by atoms with Crippen LogP contribution in [0.15, 0.2) is 24.3 Å². The molecule has 1 aliphatic heterocycles. The van der Waals surface area contributed by atoms with Crippen LogP contribution in [0.25, 0.3) is 0 Å². The van der Waals surface area contributed by atoms with Gasteiger partial charge in [0.2, 0.25) is 5.91 Å². The molecule has 0 aromatic heterocycles. The summed E-state index contributed by atoms with van der Waals surface area (Å²) in [5, 5.41) is 6.21. The molecule has 3 nitrogen and oxygen atoms in total. The molecule has 1 amide bonds. The van der Waals surface area contributed by atoms with Gasteiger partial charge >= 0.3 is 0 Å². The molecule has 2 N–H and O–H groups in total. The van der Waals surface area contributed by atoms with E-state index in [1.54, 1.807) is 18.2 Å². The second-order valence-electron chi connectivity index (χ2n) is 5.65. The van der Waals surface area contributed by atoms with Crippen molar-refractivity contribution in [2.24, 2.45) is 0 Å². The lowest BCUT2D eigenvalue weighted by Gasteiger charge is -2.28.